The smallest absolute Gasteiger partial charge is 0.394 e. The van der Waals surface area contributed by atoms with E-state index >= 15 is 0 Å². The Kier molecular flexibility index (Phi) is 10.2. The molecule has 2 aliphatic rings. The minimum Gasteiger partial charge on any atom is -0.394 e. The molecule has 2 aliphatic heterocycles. The number of nitrogen functional groups attached to an aromatic ring is 2. The van der Waals surface area contributed by atoms with Crippen molar-refractivity contribution in [1.82, 2.24) is 34.2 Å². The van der Waals surface area contributed by atoms with E-state index in [0.29, 0.717) is 30.6 Å². The Morgan fingerprint density at radius 3 is 2.33 bits per heavy atom. The van der Waals surface area contributed by atoms with Crippen LogP contribution in [-0.4, -0.2) is 96.0 Å². The van der Waals surface area contributed by atoms with Gasteiger partial charge < -0.3 is 31.2 Å². The van der Waals surface area contributed by atoms with Crippen LogP contribution in [0.2, 0.25) is 0 Å². The lowest BCUT2D eigenvalue weighted by atomic mass is 10.2. The quantitative estimate of drug-likeness (QED) is 0.0361. The number of hydrogen-bond acceptors (Lipinski definition) is 14. The molecule has 5 rings (SSSR count). The van der Waals surface area contributed by atoms with Crippen molar-refractivity contribution < 1.29 is 38.3 Å². The fourth-order valence-electron chi connectivity index (χ4n) is 5.17. The molecular weight excluding hydrogens is 615 g/mol. The number of unbranched alkanes of at least 4 members (excludes halogenated alkanes) is 1. The van der Waals surface area contributed by atoms with Crippen LogP contribution in [0.3, 0.4) is 0 Å². The highest BCUT2D eigenvalue weighted by atomic mass is 31.2. The molecule has 246 valence electrons. The van der Waals surface area contributed by atoms with Crippen LogP contribution in [-0.2, 0) is 23.1 Å². The minimum atomic E-state index is -4.18. The summed E-state index contributed by atoms with van der Waals surface area (Å²) in [6.45, 7) is -0.250. The van der Waals surface area contributed by atoms with Crippen LogP contribution in [0, 0.1) is 0 Å². The third-order valence-corrected chi connectivity index (χ3v) is 9.07. The average Bonchev–Trinajstić information content (AvgIpc) is 3.71. The van der Waals surface area contributed by atoms with Gasteiger partial charge in [-0.15, -0.1) is 0 Å². The van der Waals surface area contributed by atoms with Crippen molar-refractivity contribution in [3.05, 3.63) is 35.4 Å². The number of nitrogens with two attached hydrogens (primary N) is 4. The summed E-state index contributed by atoms with van der Waals surface area (Å²) < 4.78 is 41.2. The molecule has 0 aliphatic carbocycles. The molecule has 3 aromatic rings. The van der Waals surface area contributed by atoms with Gasteiger partial charge in [0.25, 0.3) is 0 Å². The maximum Gasteiger partial charge on any atom is 0.406 e. The number of hydrogen-bond donors (Lipinski definition) is 8. The summed E-state index contributed by atoms with van der Waals surface area (Å²) in [5.74, 6) is 0.326. The van der Waals surface area contributed by atoms with Gasteiger partial charge in [-0.25, -0.2) is 29.4 Å². The van der Waals surface area contributed by atoms with Crippen LogP contribution in [0.25, 0.3) is 11.2 Å². The average molecular weight is 654 g/mol. The van der Waals surface area contributed by atoms with E-state index < -0.39 is 63.5 Å². The second-order valence-electron chi connectivity index (χ2n) is 10.5. The lowest BCUT2D eigenvalue weighted by Gasteiger charge is -2.28. The number of fused-ring (bicyclic) bond motifs is 1. The molecule has 21 heteroatoms. The highest BCUT2D eigenvalue weighted by Gasteiger charge is 2.46. The summed E-state index contributed by atoms with van der Waals surface area (Å²) in [4.78, 5) is 31.4. The van der Waals surface area contributed by atoms with Gasteiger partial charge in [-0.2, -0.15) is 4.98 Å². The molecule has 0 saturated carbocycles. The number of ether oxygens (including phenoxy) is 2. The molecule has 0 aromatic carbocycles. The van der Waals surface area contributed by atoms with Crippen molar-refractivity contribution >= 4 is 36.5 Å². The number of rotatable bonds is 14. The first-order chi connectivity index (χ1) is 21.6. The van der Waals surface area contributed by atoms with Crippen LogP contribution in [0.15, 0.2) is 29.7 Å². The first-order valence-electron chi connectivity index (χ1n) is 14.2. The summed E-state index contributed by atoms with van der Waals surface area (Å²) in [6.07, 6.45) is 0.265. The molecule has 20 nitrogen and oxygen atoms in total. The predicted octanol–water partition coefficient (Wildman–Crippen LogP) is -3.59. The Hall–Kier alpha value is -3.75. The molecular formula is C24H38N12O8P+. The molecule has 7 unspecified atom stereocenters. The molecule has 45 heavy (non-hydrogen) atoms. The largest absolute Gasteiger partial charge is 0.406 e. The molecule has 2 saturated heterocycles. The number of guanidine groups is 1. The van der Waals surface area contributed by atoms with Crippen molar-refractivity contribution in [3.63, 3.8) is 0 Å². The standard InChI is InChI=1S/C24H37N12O8P/c25-17-3-6-35(24(39)34-17)18-7-13(15(9-37)41-18)43-45(40,33-5-2-1-4-29-23(27)28)44-14-8-19(42-16(14)10-38)36-12-32-20-21(26)30-11-31-22(20)36/h3,6,11-16,18-19,37-38H,1-2,4-5,7-10H2,(H,33,40)(H2,25,34,39)(H2,26,30,31)(H4,27,28,29)/p+1. The zero-order chi connectivity index (χ0) is 32.1. The Morgan fingerprint density at radius 2 is 1.71 bits per heavy atom. The highest BCUT2D eigenvalue weighted by molar-refractivity contribution is 7.51. The number of aliphatic hydroxyl groups excluding tert-OH is 2. The molecule has 7 atom stereocenters. The SMILES string of the molecule is NC(N)=[NH+]CCCCNP(=O)(OC1CC(n2ccc(N)nc2=O)OC1CO)OC1CC(n2cnc3c(N)ncnc32)OC1CO. The van der Waals surface area contributed by atoms with Gasteiger partial charge in [0.05, 0.1) is 26.1 Å². The van der Waals surface area contributed by atoms with Crippen LogP contribution in [0.4, 0.5) is 11.6 Å². The number of anilines is 2. The molecule has 0 amide bonds. The summed E-state index contributed by atoms with van der Waals surface area (Å²) in [5, 5.41) is 23.1. The van der Waals surface area contributed by atoms with Crippen molar-refractivity contribution in [1.29, 1.82) is 0 Å². The zero-order valence-corrected chi connectivity index (χ0v) is 25.1. The Bertz CT molecular complexity index is 1600. The number of imidazole rings is 1. The number of aliphatic hydroxyl groups is 2. The normalized spacial score (nSPS) is 26.3. The summed E-state index contributed by atoms with van der Waals surface area (Å²) in [5.41, 5.74) is 22.5. The molecule has 0 spiro atoms. The molecule has 0 bridgehead atoms. The van der Waals surface area contributed by atoms with Gasteiger partial charge in [-0.3, -0.25) is 34.6 Å². The van der Waals surface area contributed by atoms with Gasteiger partial charge in [0.1, 0.15) is 54.5 Å². The number of aromatic nitrogens is 6. The van der Waals surface area contributed by atoms with E-state index in [1.165, 1.54) is 29.5 Å². The highest BCUT2D eigenvalue weighted by Crippen LogP contribution is 2.52. The summed E-state index contributed by atoms with van der Waals surface area (Å²) >= 11 is 0. The van der Waals surface area contributed by atoms with Gasteiger partial charge in [-0.05, 0) is 18.9 Å². The monoisotopic (exact) mass is 653 g/mol. The number of nitrogens with zero attached hydrogens (tertiary/aromatic N) is 6. The molecule has 3 aromatic heterocycles. The molecule has 0 radical (unpaired) electrons. The fourth-order valence-corrected chi connectivity index (χ4v) is 6.96. The molecule has 2 fully saturated rings. The molecule has 5 heterocycles. The summed E-state index contributed by atoms with van der Waals surface area (Å²) in [7, 11) is -4.18. The first kappa shape index (κ1) is 32.6. The predicted molar refractivity (Wildman–Crippen MR) is 158 cm³/mol. The third kappa shape index (κ3) is 7.56. The zero-order valence-electron chi connectivity index (χ0n) is 24.2. The van der Waals surface area contributed by atoms with Crippen molar-refractivity contribution in [3.8, 4) is 0 Å². The second kappa shape index (κ2) is 14.1. The van der Waals surface area contributed by atoms with Crippen molar-refractivity contribution in [2.75, 3.05) is 37.8 Å². The Morgan fingerprint density at radius 1 is 1.04 bits per heavy atom. The van der Waals surface area contributed by atoms with Gasteiger partial charge in [0.2, 0.25) is 0 Å². The lowest BCUT2D eigenvalue weighted by Crippen LogP contribution is -2.78. The number of nitrogens with one attached hydrogen (secondary N) is 2. The van der Waals surface area contributed by atoms with Crippen LogP contribution >= 0.6 is 7.75 Å². The summed E-state index contributed by atoms with van der Waals surface area (Å²) in [6, 6.07) is 1.43. The van der Waals surface area contributed by atoms with Crippen molar-refractivity contribution in [2.24, 2.45) is 11.5 Å². The Balaban J connectivity index is 1.34. The van der Waals surface area contributed by atoms with Crippen LogP contribution in [0.5, 0.6) is 0 Å². The van der Waals surface area contributed by atoms with Gasteiger partial charge in [-0.1, -0.05) is 0 Å². The van der Waals surface area contributed by atoms with E-state index in [9.17, 15) is 19.6 Å². The third-order valence-electron chi connectivity index (χ3n) is 7.37. The van der Waals surface area contributed by atoms with E-state index in [2.05, 4.69) is 30.0 Å². The fraction of sp³-hybridized carbons (Fsp3) is 0.583. The first-order valence-corrected chi connectivity index (χ1v) is 15.8. The van der Waals surface area contributed by atoms with E-state index in [4.69, 9.17) is 41.5 Å². The van der Waals surface area contributed by atoms with Gasteiger partial charge in [0, 0.05) is 25.6 Å². The van der Waals surface area contributed by atoms with Crippen LogP contribution in [0.1, 0.15) is 38.1 Å². The van der Waals surface area contributed by atoms with E-state index in [0.717, 1.165) is 0 Å². The Labute approximate surface area is 256 Å². The topological polar surface area (TPSA) is 303 Å². The van der Waals surface area contributed by atoms with Crippen LogP contribution < -0.4 is 38.7 Å². The lowest BCUT2D eigenvalue weighted by molar-refractivity contribution is -0.459. The van der Waals surface area contributed by atoms with Gasteiger partial charge >= 0.3 is 19.4 Å². The van der Waals surface area contributed by atoms with E-state index in [1.54, 1.807) is 4.57 Å². The molecule has 12 N–H and O–H groups in total. The van der Waals surface area contributed by atoms with E-state index in [1.807, 2.05) is 0 Å². The maximum absolute atomic E-state index is 14.4. The minimum absolute atomic E-state index is 0.0384. The second-order valence-corrected chi connectivity index (χ2v) is 12.2. The van der Waals surface area contributed by atoms with Gasteiger partial charge in [0.15, 0.2) is 11.5 Å². The van der Waals surface area contributed by atoms with E-state index in [-0.39, 0.29) is 37.0 Å². The van der Waals surface area contributed by atoms with Crippen molar-refractivity contribution in [2.45, 2.75) is 62.6 Å². The maximum atomic E-state index is 14.4.